The van der Waals surface area contributed by atoms with Crippen molar-refractivity contribution < 1.29 is 4.79 Å². The molecule has 0 aliphatic carbocycles. The molecule has 0 saturated carbocycles. The van der Waals surface area contributed by atoms with Crippen LogP contribution in [-0.2, 0) is 11.3 Å². The molecule has 1 amide bonds. The zero-order valence-electron chi connectivity index (χ0n) is 14.4. The highest BCUT2D eigenvalue weighted by molar-refractivity contribution is 5.93. The van der Waals surface area contributed by atoms with Gasteiger partial charge in [0.05, 0.1) is 11.2 Å². The summed E-state index contributed by atoms with van der Waals surface area (Å²) in [6, 6.07) is 17.2. The van der Waals surface area contributed by atoms with Gasteiger partial charge in [0.1, 0.15) is 6.54 Å². The predicted molar refractivity (Wildman–Crippen MR) is 99.3 cm³/mol. The predicted octanol–water partition coefficient (Wildman–Crippen LogP) is 2.98. The molecule has 128 valence electrons. The third-order valence-electron chi connectivity index (χ3n) is 4.26. The van der Waals surface area contributed by atoms with E-state index in [1.807, 2.05) is 68.4 Å². The molecule has 1 heterocycles. The van der Waals surface area contributed by atoms with Crippen LogP contribution in [0, 0.1) is 0 Å². The normalized spacial score (nSPS) is 12.1. The van der Waals surface area contributed by atoms with Gasteiger partial charge in [-0.1, -0.05) is 55.5 Å². The molecule has 0 aliphatic heterocycles. The van der Waals surface area contributed by atoms with E-state index in [9.17, 15) is 9.59 Å². The molecule has 3 aromatic rings. The van der Waals surface area contributed by atoms with E-state index in [1.54, 1.807) is 0 Å². The number of carbonyl (C=O) groups is 1. The fourth-order valence-electron chi connectivity index (χ4n) is 2.76. The maximum Gasteiger partial charge on any atom is 0.349 e. The standard InChI is InChI=1S/C20H21N3O2/c1-3-14(2)21-18(24)13-23-17-12-8-7-11-16(17)19(22-20(23)25)15-9-5-4-6-10-15/h4-12,14H,3,13H2,1-2H3,(H,21,24)/t14-/m1/s1. The number of hydrogen-bond donors (Lipinski definition) is 1. The number of amides is 1. The molecule has 1 aromatic heterocycles. The van der Waals surface area contributed by atoms with E-state index in [4.69, 9.17) is 0 Å². The number of para-hydroxylation sites is 1. The lowest BCUT2D eigenvalue weighted by Crippen LogP contribution is -2.37. The molecule has 1 N–H and O–H groups in total. The van der Waals surface area contributed by atoms with E-state index in [0.29, 0.717) is 11.2 Å². The summed E-state index contributed by atoms with van der Waals surface area (Å²) in [4.78, 5) is 29.1. The van der Waals surface area contributed by atoms with Crippen LogP contribution in [0.2, 0.25) is 0 Å². The topological polar surface area (TPSA) is 64.0 Å². The van der Waals surface area contributed by atoms with E-state index >= 15 is 0 Å². The molecule has 25 heavy (non-hydrogen) atoms. The molecule has 2 aromatic carbocycles. The summed E-state index contributed by atoms with van der Waals surface area (Å²) >= 11 is 0. The van der Waals surface area contributed by atoms with Crippen molar-refractivity contribution in [3.63, 3.8) is 0 Å². The summed E-state index contributed by atoms with van der Waals surface area (Å²) in [5.74, 6) is -0.184. The van der Waals surface area contributed by atoms with Gasteiger partial charge >= 0.3 is 5.69 Å². The van der Waals surface area contributed by atoms with Crippen molar-refractivity contribution in [1.29, 1.82) is 0 Å². The molecule has 0 unspecified atom stereocenters. The first-order chi connectivity index (χ1) is 12.1. The molecular weight excluding hydrogens is 314 g/mol. The lowest BCUT2D eigenvalue weighted by molar-refractivity contribution is -0.122. The Morgan fingerprint density at radius 3 is 2.52 bits per heavy atom. The number of nitrogens with one attached hydrogen (secondary N) is 1. The Bertz CT molecular complexity index is 948. The van der Waals surface area contributed by atoms with E-state index in [1.165, 1.54) is 4.57 Å². The molecule has 0 radical (unpaired) electrons. The van der Waals surface area contributed by atoms with E-state index in [2.05, 4.69) is 10.3 Å². The molecule has 0 aliphatic rings. The minimum absolute atomic E-state index is 0.0360. The minimum Gasteiger partial charge on any atom is -0.352 e. The van der Waals surface area contributed by atoms with Crippen molar-refractivity contribution in [3.8, 4) is 11.3 Å². The first kappa shape index (κ1) is 16.9. The Balaban J connectivity index is 2.08. The van der Waals surface area contributed by atoms with Gasteiger partial charge in [-0.3, -0.25) is 9.36 Å². The molecule has 0 saturated heterocycles. The van der Waals surface area contributed by atoms with Crippen molar-refractivity contribution in [2.45, 2.75) is 32.9 Å². The van der Waals surface area contributed by atoms with Gasteiger partial charge in [-0.2, -0.15) is 4.98 Å². The lowest BCUT2D eigenvalue weighted by atomic mass is 10.1. The second-order valence-electron chi connectivity index (χ2n) is 6.09. The number of carbonyl (C=O) groups excluding carboxylic acids is 1. The third kappa shape index (κ3) is 3.60. The van der Waals surface area contributed by atoms with Crippen LogP contribution < -0.4 is 11.0 Å². The highest BCUT2D eigenvalue weighted by Gasteiger charge is 2.14. The molecule has 3 rings (SSSR count). The summed E-state index contributed by atoms with van der Waals surface area (Å²) in [5.41, 5.74) is 1.81. The SMILES string of the molecule is CC[C@@H](C)NC(=O)Cn1c(=O)nc(-c2ccccc2)c2ccccc21. The van der Waals surface area contributed by atoms with Crippen LogP contribution in [0.5, 0.6) is 0 Å². The quantitative estimate of drug-likeness (QED) is 0.779. The fourth-order valence-corrected chi connectivity index (χ4v) is 2.76. The third-order valence-corrected chi connectivity index (χ3v) is 4.26. The van der Waals surface area contributed by atoms with Gasteiger partial charge in [-0.25, -0.2) is 4.79 Å². The summed E-state index contributed by atoms with van der Waals surface area (Å²) in [6.45, 7) is 3.91. The van der Waals surface area contributed by atoms with Gasteiger partial charge in [-0.15, -0.1) is 0 Å². The maximum atomic E-state index is 12.6. The first-order valence-corrected chi connectivity index (χ1v) is 8.44. The van der Waals surface area contributed by atoms with E-state index < -0.39 is 5.69 Å². The number of benzene rings is 2. The van der Waals surface area contributed by atoms with Crippen molar-refractivity contribution in [3.05, 3.63) is 65.1 Å². The molecule has 0 bridgehead atoms. The van der Waals surface area contributed by atoms with Crippen molar-refractivity contribution >= 4 is 16.8 Å². The van der Waals surface area contributed by atoms with Crippen LogP contribution in [0.3, 0.4) is 0 Å². The highest BCUT2D eigenvalue weighted by atomic mass is 16.2. The number of rotatable bonds is 5. The molecule has 1 atom stereocenters. The average molecular weight is 335 g/mol. The zero-order chi connectivity index (χ0) is 17.8. The van der Waals surface area contributed by atoms with Crippen molar-refractivity contribution in [2.24, 2.45) is 0 Å². The highest BCUT2D eigenvalue weighted by Crippen LogP contribution is 2.24. The van der Waals surface area contributed by atoms with Gasteiger partial charge in [0, 0.05) is 17.0 Å². The van der Waals surface area contributed by atoms with Gasteiger partial charge in [0.15, 0.2) is 0 Å². The second kappa shape index (κ2) is 7.30. The zero-order valence-corrected chi connectivity index (χ0v) is 14.4. The molecule has 0 fully saturated rings. The van der Waals surface area contributed by atoms with Crippen LogP contribution in [0.4, 0.5) is 0 Å². The molecular formula is C20H21N3O2. The van der Waals surface area contributed by atoms with E-state index in [-0.39, 0.29) is 18.5 Å². The average Bonchev–Trinajstić information content (AvgIpc) is 2.64. The minimum atomic E-state index is -0.420. The van der Waals surface area contributed by atoms with E-state index in [0.717, 1.165) is 17.4 Å². The lowest BCUT2D eigenvalue weighted by Gasteiger charge is -2.15. The Labute approximate surface area is 146 Å². The Morgan fingerprint density at radius 1 is 1.12 bits per heavy atom. The number of aromatic nitrogens is 2. The van der Waals surface area contributed by atoms with Crippen molar-refractivity contribution in [2.75, 3.05) is 0 Å². The Hall–Kier alpha value is -2.95. The first-order valence-electron chi connectivity index (χ1n) is 8.44. The monoisotopic (exact) mass is 335 g/mol. The van der Waals surface area contributed by atoms with Gasteiger partial charge in [-0.05, 0) is 19.4 Å². The second-order valence-corrected chi connectivity index (χ2v) is 6.09. The molecule has 5 nitrogen and oxygen atoms in total. The molecule has 5 heteroatoms. The van der Waals surface area contributed by atoms with Crippen LogP contribution in [0.15, 0.2) is 59.4 Å². The number of hydrogen-bond acceptors (Lipinski definition) is 3. The van der Waals surface area contributed by atoms with Crippen LogP contribution in [0.25, 0.3) is 22.2 Å². The van der Waals surface area contributed by atoms with Gasteiger partial charge in [0.2, 0.25) is 5.91 Å². The largest absolute Gasteiger partial charge is 0.352 e. The number of fused-ring (bicyclic) bond motifs is 1. The Kier molecular flexibility index (Phi) is 4.93. The van der Waals surface area contributed by atoms with Crippen molar-refractivity contribution in [1.82, 2.24) is 14.9 Å². The maximum absolute atomic E-state index is 12.6. The summed E-state index contributed by atoms with van der Waals surface area (Å²) in [5, 5.41) is 3.74. The van der Waals surface area contributed by atoms with Gasteiger partial charge < -0.3 is 5.32 Å². The fraction of sp³-hybridized carbons (Fsp3) is 0.250. The van der Waals surface area contributed by atoms with Crippen LogP contribution >= 0.6 is 0 Å². The van der Waals surface area contributed by atoms with Gasteiger partial charge in [0.25, 0.3) is 0 Å². The Morgan fingerprint density at radius 2 is 1.80 bits per heavy atom. The summed E-state index contributed by atoms with van der Waals surface area (Å²) < 4.78 is 1.43. The van der Waals surface area contributed by atoms with Crippen LogP contribution in [0.1, 0.15) is 20.3 Å². The smallest absolute Gasteiger partial charge is 0.349 e. The molecule has 0 spiro atoms. The van der Waals surface area contributed by atoms with Crippen LogP contribution in [-0.4, -0.2) is 21.5 Å². The number of nitrogens with zero attached hydrogens (tertiary/aromatic N) is 2. The summed E-state index contributed by atoms with van der Waals surface area (Å²) in [6.07, 6.45) is 0.840. The summed E-state index contributed by atoms with van der Waals surface area (Å²) in [7, 11) is 0.